The number of carboxylic acid groups (broad SMARTS) is 1. The monoisotopic (exact) mass is 229 g/mol. The zero-order valence-electron chi connectivity index (χ0n) is 8.43. The Hall–Kier alpha value is -2.11. The Kier molecular flexibility index (Phi) is 7.14. The summed E-state index contributed by atoms with van der Waals surface area (Å²) in [5, 5.41) is 9.61. The summed E-state index contributed by atoms with van der Waals surface area (Å²) in [5.41, 5.74) is 0. The minimum absolute atomic E-state index is 0.0837. The highest BCUT2D eigenvalue weighted by Crippen LogP contribution is 1.88. The number of halogens is 1. The molecule has 0 heterocycles. The molecule has 6 heteroatoms. The van der Waals surface area contributed by atoms with Gasteiger partial charge in [0.1, 0.15) is 6.61 Å². The maximum atomic E-state index is 12.4. The summed E-state index contributed by atoms with van der Waals surface area (Å²) in [5.74, 6) is -1.78. The van der Waals surface area contributed by atoms with Crippen LogP contribution in [-0.4, -0.2) is 30.1 Å². The predicted molar refractivity (Wildman–Crippen MR) is 55.5 cm³/mol. The molecule has 0 saturated heterocycles. The minimum Gasteiger partial charge on any atom is -0.478 e. The maximum absolute atomic E-state index is 12.4. The molecule has 0 fully saturated rings. The summed E-state index contributed by atoms with van der Waals surface area (Å²) < 4.78 is 16.8. The largest absolute Gasteiger partial charge is 0.478 e. The summed E-state index contributed by atoms with van der Waals surface area (Å²) >= 11 is 0. The number of ether oxygens (including phenoxy) is 1. The molecule has 0 radical (unpaired) electrons. The van der Waals surface area contributed by atoms with Crippen LogP contribution in [0.1, 0.15) is 0 Å². The third kappa shape index (κ3) is 7.31. The molecule has 0 spiro atoms. The van der Waals surface area contributed by atoms with Gasteiger partial charge in [-0.15, -0.1) is 0 Å². The van der Waals surface area contributed by atoms with Gasteiger partial charge < -0.3 is 9.84 Å². The number of hydrogen-bond acceptors (Lipinski definition) is 3. The molecule has 1 amide bonds. The Morgan fingerprint density at radius 3 is 2.69 bits per heavy atom. The van der Waals surface area contributed by atoms with Crippen LogP contribution in [0.25, 0.3) is 0 Å². The molecule has 0 aromatic heterocycles. The number of carbonyl (C=O) groups is 2. The molecule has 0 rings (SSSR count). The van der Waals surface area contributed by atoms with Gasteiger partial charge in [0.2, 0.25) is 0 Å². The zero-order valence-corrected chi connectivity index (χ0v) is 8.43. The van der Waals surface area contributed by atoms with Gasteiger partial charge in [0.15, 0.2) is 0 Å². The van der Waals surface area contributed by atoms with E-state index in [-0.39, 0.29) is 6.61 Å². The SMILES string of the molecule is C=C/C=C\C=C\COC(=O)NC(F)C(=O)O. The number of carboxylic acids is 1. The first-order valence-electron chi connectivity index (χ1n) is 4.32. The predicted octanol–water partition coefficient (Wildman–Crippen LogP) is 1.39. The molecule has 5 nitrogen and oxygen atoms in total. The van der Waals surface area contributed by atoms with Crippen molar-refractivity contribution in [3.05, 3.63) is 37.0 Å². The van der Waals surface area contributed by atoms with Crippen LogP contribution in [0.4, 0.5) is 9.18 Å². The van der Waals surface area contributed by atoms with Crippen molar-refractivity contribution in [2.24, 2.45) is 0 Å². The molecule has 16 heavy (non-hydrogen) atoms. The fraction of sp³-hybridized carbons (Fsp3) is 0.200. The molecule has 0 aromatic carbocycles. The van der Waals surface area contributed by atoms with E-state index in [1.165, 1.54) is 11.4 Å². The van der Waals surface area contributed by atoms with Crippen molar-refractivity contribution < 1.29 is 23.8 Å². The third-order valence-electron chi connectivity index (χ3n) is 1.27. The summed E-state index contributed by atoms with van der Waals surface area (Å²) in [6, 6.07) is 0. The molecule has 0 saturated carbocycles. The number of carbonyl (C=O) groups excluding carboxylic acids is 1. The molecular formula is C10H12FNO4. The van der Waals surface area contributed by atoms with Crippen LogP contribution >= 0.6 is 0 Å². The average molecular weight is 229 g/mol. The van der Waals surface area contributed by atoms with Crippen molar-refractivity contribution in [1.82, 2.24) is 5.32 Å². The fourth-order valence-electron chi connectivity index (χ4n) is 0.608. The quantitative estimate of drug-likeness (QED) is 0.533. The second-order valence-electron chi connectivity index (χ2n) is 2.49. The van der Waals surface area contributed by atoms with Crippen molar-refractivity contribution >= 4 is 12.1 Å². The van der Waals surface area contributed by atoms with E-state index in [0.717, 1.165) is 0 Å². The number of rotatable bonds is 6. The van der Waals surface area contributed by atoms with E-state index in [1.54, 1.807) is 24.3 Å². The summed E-state index contributed by atoms with van der Waals surface area (Å²) in [7, 11) is 0. The Morgan fingerprint density at radius 1 is 1.44 bits per heavy atom. The highest BCUT2D eigenvalue weighted by atomic mass is 19.1. The van der Waals surface area contributed by atoms with E-state index < -0.39 is 18.4 Å². The van der Waals surface area contributed by atoms with Gasteiger partial charge in [-0.3, -0.25) is 5.32 Å². The van der Waals surface area contributed by atoms with Crippen LogP contribution in [-0.2, 0) is 9.53 Å². The Labute approximate surface area is 91.9 Å². The Morgan fingerprint density at radius 2 is 2.12 bits per heavy atom. The first-order chi connectivity index (χ1) is 7.57. The molecule has 0 aromatic rings. The number of nitrogens with one attached hydrogen (secondary N) is 1. The van der Waals surface area contributed by atoms with Gasteiger partial charge in [0.05, 0.1) is 0 Å². The minimum atomic E-state index is -2.46. The normalized spacial score (nSPS) is 12.6. The smallest absolute Gasteiger partial charge is 0.410 e. The van der Waals surface area contributed by atoms with Crippen molar-refractivity contribution in [2.75, 3.05) is 6.61 Å². The second kappa shape index (κ2) is 8.22. The highest BCUT2D eigenvalue weighted by molar-refractivity contribution is 5.78. The lowest BCUT2D eigenvalue weighted by Gasteiger charge is -2.05. The number of aliphatic carboxylic acids is 1. The molecule has 0 aliphatic rings. The van der Waals surface area contributed by atoms with Crippen LogP contribution in [0.15, 0.2) is 37.0 Å². The van der Waals surface area contributed by atoms with Crippen LogP contribution in [0.3, 0.4) is 0 Å². The molecule has 2 N–H and O–H groups in total. The summed E-state index contributed by atoms with van der Waals surface area (Å²) in [6.07, 6.45) is 4.39. The van der Waals surface area contributed by atoms with Crippen molar-refractivity contribution in [1.29, 1.82) is 0 Å². The van der Waals surface area contributed by atoms with E-state index >= 15 is 0 Å². The second-order valence-corrected chi connectivity index (χ2v) is 2.49. The fourth-order valence-corrected chi connectivity index (χ4v) is 0.608. The molecule has 88 valence electrons. The van der Waals surface area contributed by atoms with E-state index in [1.807, 2.05) is 0 Å². The van der Waals surface area contributed by atoms with Gasteiger partial charge in [0, 0.05) is 0 Å². The van der Waals surface area contributed by atoms with Crippen molar-refractivity contribution in [3.63, 3.8) is 0 Å². The first-order valence-corrected chi connectivity index (χ1v) is 4.32. The van der Waals surface area contributed by atoms with E-state index in [9.17, 15) is 14.0 Å². The zero-order chi connectivity index (χ0) is 12.4. The van der Waals surface area contributed by atoms with Crippen LogP contribution in [0, 0.1) is 0 Å². The van der Waals surface area contributed by atoms with Crippen LogP contribution < -0.4 is 5.32 Å². The summed E-state index contributed by atoms with van der Waals surface area (Å²) in [6.45, 7) is 3.36. The molecule has 0 aliphatic carbocycles. The summed E-state index contributed by atoms with van der Waals surface area (Å²) in [4.78, 5) is 20.7. The first kappa shape index (κ1) is 13.9. The standard InChI is InChI=1S/C10H12FNO4/c1-2-3-4-5-6-7-16-10(15)12-8(11)9(13)14/h2-6,8H,1,7H2,(H,12,15)(H,13,14)/b4-3-,6-5+. The van der Waals surface area contributed by atoms with Gasteiger partial charge >= 0.3 is 12.1 Å². The van der Waals surface area contributed by atoms with Gasteiger partial charge in [0.25, 0.3) is 6.30 Å². The number of allylic oxidation sites excluding steroid dienone is 4. The van der Waals surface area contributed by atoms with E-state index in [4.69, 9.17) is 5.11 Å². The van der Waals surface area contributed by atoms with Crippen LogP contribution in [0.5, 0.6) is 0 Å². The van der Waals surface area contributed by atoms with Gasteiger partial charge in [-0.05, 0) is 6.08 Å². The Bertz CT molecular complexity index is 312. The average Bonchev–Trinajstić information content (AvgIpc) is 2.23. The molecule has 0 aliphatic heterocycles. The topological polar surface area (TPSA) is 75.6 Å². The number of alkyl carbamates (subject to hydrolysis) is 1. The van der Waals surface area contributed by atoms with E-state index in [2.05, 4.69) is 11.3 Å². The maximum Gasteiger partial charge on any atom is 0.410 e. The molecule has 1 unspecified atom stereocenters. The third-order valence-corrected chi connectivity index (χ3v) is 1.27. The van der Waals surface area contributed by atoms with Crippen LogP contribution in [0.2, 0.25) is 0 Å². The lowest BCUT2D eigenvalue weighted by atomic mass is 10.4. The molecule has 0 bridgehead atoms. The number of amides is 1. The van der Waals surface area contributed by atoms with Crippen molar-refractivity contribution in [3.8, 4) is 0 Å². The van der Waals surface area contributed by atoms with E-state index in [0.29, 0.717) is 0 Å². The van der Waals surface area contributed by atoms with Gasteiger partial charge in [-0.2, -0.15) is 0 Å². The van der Waals surface area contributed by atoms with Crippen molar-refractivity contribution in [2.45, 2.75) is 6.30 Å². The number of alkyl halides is 1. The number of hydrogen-bond donors (Lipinski definition) is 2. The lowest BCUT2D eigenvalue weighted by molar-refractivity contribution is -0.143. The van der Waals surface area contributed by atoms with Gasteiger partial charge in [-0.25, -0.2) is 14.0 Å². The van der Waals surface area contributed by atoms with Gasteiger partial charge in [-0.1, -0.05) is 30.9 Å². The molecule has 1 atom stereocenters. The highest BCUT2D eigenvalue weighted by Gasteiger charge is 2.18. The Balaban J connectivity index is 3.74. The lowest BCUT2D eigenvalue weighted by Crippen LogP contribution is -2.37. The molecular weight excluding hydrogens is 217 g/mol.